The fourth-order valence-corrected chi connectivity index (χ4v) is 1.68. The van der Waals surface area contributed by atoms with Gasteiger partial charge in [-0.3, -0.25) is 4.79 Å². The lowest BCUT2D eigenvalue weighted by atomic mass is 10.2. The second-order valence-electron chi connectivity index (χ2n) is 3.13. The van der Waals surface area contributed by atoms with Gasteiger partial charge in [0.05, 0.1) is 0 Å². The van der Waals surface area contributed by atoms with Gasteiger partial charge in [-0.05, 0) is 6.92 Å². The SMILES string of the molecule is C=C(F)C(=O)N1CCN(I)[C@@H](C)C1. The van der Waals surface area contributed by atoms with Crippen LogP contribution in [0.5, 0.6) is 0 Å². The first-order chi connectivity index (χ1) is 6.02. The van der Waals surface area contributed by atoms with Crippen LogP contribution in [0.15, 0.2) is 12.4 Å². The van der Waals surface area contributed by atoms with E-state index < -0.39 is 11.7 Å². The van der Waals surface area contributed by atoms with Crippen LogP contribution in [-0.4, -0.2) is 39.6 Å². The van der Waals surface area contributed by atoms with Crippen LogP contribution in [0, 0.1) is 0 Å². The van der Waals surface area contributed by atoms with Crippen molar-refractivity contribution < 1.29 is 9.18 Å². The van der Waals surface area contributed by atoms with Gasteiger partial charge in [-0.15, -0.1) is 0 Å². The number of halogens is 2. The van der Waals surface area contributed by atoms with Crippen molar-refractivity contribution in [3.8, 4) is 0 Å². The number of carbonyl (C=O) groups is 1. The lowest BCUT2D eigenvalue weighted by Gasteiger charge is -2.35. The molecule has 1 fully saturated rings. The molecule has 13 heavy (non-hydrogen) atoms. The second-order valence-corrected chi connectivity index (χ2v) is 4.37. The molecule has 0 unspecified atom stereocenters. The Morgan fingerprint density at radius 2 is 2.23 bits per heavy atom. The molecule has 3 nitrogen and oxygen atoms in total. The van der Waals surface area contributed by atoms with Crippen molar-refractivity contribution in [3.63, 3.8) is 0 Å². The van der Waals surface area contributed by atoms with E-state index in [-0.39, 0.29) is 6.04 Å². The molecule has 0 aromatic rings. The smallest absolute Gasteiger partial charge is 0.282 e. The van der Waals surface area contributed by atoms with Gasteiger partial charge in [0, 0.05) is 48.5 Å². The van der Waals surface area contributed by atoms with E-state index in [0.29, 0.717) is 13.1 Å². The van der Waals surface area contributed by atoms with E-state index in [1.54, 1.807) is 0 Å². The predicted octanol–water partition coefficient (Wildman–Crippen LogP) is 1.35. The molecule has 1 saturated heterocycles. The molecular formula is C8H12FIN2O. The third-order valence-corrected chi connectivity index (χ3v) is 3.50. The summed E-state index contributed by atoms with van der Waals surface area (Å²) < 4.78 is 14.6. The van der Waals surface area contributed by atoms with E-state index >= 15 is 0 Å². The molecule has 1 amide bonds. The minimum atomic E-state index is -0.867. The first-order valence-corrected chi connectivity index (χ1v) is 5.05. The average molecular weight is 298 g/mol. The number of hydrogen-bond acceptors (Lipinski definition) is 2. The van der Waals surface area contributed by atoms with Crippen molar-refractivity contribution >= 4 is 28.8 Å². The van der Waals surface area contributed by atoms with Crippen LogP contribution in [0.4, 0.5) is 4.39 Å². The Kier molecular flexibility index (Phi) is 3.66. The highest BCUT2D eigenvalue weighted by Crippen LogP contribution is 2.15. The van der Waals surface area contributed by atoms with Gasteiger partial charge < -0.3 is 4.90 Å². The van der Waals surface area contributed by atoms with E-state index in [1.807, 2.05) is 6.92 Å². The zero-order valence-electron chi connectivity index (χ0n) is 7.46. The highest BCUT2D eigenvalue weighted by molar-refractivity contribution is 14.1. The van der Waals surface area contributed by atoms with Crippen molar-refractivity contribution in [2.75, 3.05) is 19.6 Å². The molecule has 0 radical (unpaired) electrons. The molecule has 1 aliphatic rings. The van der Waals surface area contributed by atoms with Crippen LogP contribution in [0.3, 0.4) is 0 Å². The summed E-state index contributed by atoms with van der Waals surface area (Å²) in [5, 5.41) is 0. The van der Waals surface area contributed by atoms with Crippen molar-refractivity contribution in [1.82, 2.24) is 8.01 Å². The van der Waals surface area contributed by atoms with Crippen LogP contribution in [-0.2, 0) is 4.79 Å². The maximum Gasteiger partial charge on any atom is 0.282 e. The molecule has 1 aliphatic heterocycles. The Bertz CT molecular complexity index is 234. The van der Waals surface area contributed by atoms with Gasteiger partial charge in [0.1, 0.15) is 0 Å². The van der Waals surface area contributed by atoms with Crippen LogP contribution >= 0.6 is 22.9 Å². The van der Waals surface area contributed by atoms with Gasteiger partial charge in [0.2, 0.25) is 0 Å². The minimum absolute atomic E-state index is 0.276. The molecule has 1 atom stereocenters. The van der Waals surface area contributed by atoms with Crippen molar-refractivity contribution in [1.29, 1.82) is 0 Å². The molecule has 0 bridgehead atoms. The lowest BCUT2D eigenvalue weighted by Crippen LogP contribution is -2.50. The van der Waals surface area contributed by atoms with Gasteiger partial charge in [-0.2, -0.15) is 0 Å². The van der Waals surface area contributed by atoms with Crippen LogP contribution in [0.1, 0.15) is 6.92 Å². The number of carbonyl (C=O) groups excluding carboxylic acids is 1. The summed E-state index contributed by atoms with van der Waals surface area (Å²) in [6.07, 6.45) is 0. The van der Waals surface area contributed by atoms with Crippen molar-refractivity contribution in [3.05, 3.63) is 12.4 Å². The maximum absolute atomic E-state index is 12.5. The molecule has 0 saturated carbocycles. The van der Waals surface area contributed by atoms with E-state index in [0.717, 1.165) is 6.54 Å². The highest BCUT2D eigenvalue weighted by Gasteiger charge is 2.26. The topological polar surface area (TPSA) is 23.6 Å². The molecule has 0 spiro atoms. The monoisotopic (exact) mass is 298 g/mol. The number of amides is 1. The lowest BCUT2D eigenvalue weighted by molar-refractivity contribution is -0.130. The number of rotatable bonds is 1. The van der Waals surface area contributed by atoms with Crippen molar-refractivity contribution in [2.45, 2.75) is 13.0 Å². The molecule has 0 aliphatic carbocycles. The third-order valence-electron chi connectivity index (χ3n) is 2.07. The number of hydrogen-bond donors (Lipinski definition) is 0. The van der Waals surface area contributed by atoms with Gasteiger partial charge in [0.15, 0.2) is 5.83 Å². The molecule has 1 rings (SSSR count). The second kappa shape index (κ2) is 4.36. The van der Waals surface area contributed by atoms with E-state index in [2.05, 4.69) is 32.6 Å². The summed E-state index contributed by atoms with van der Waals surface area (Å²) in [6, 6.07) is 0.276. The summed E-state index contributed by atoms with van der Waals surface area (Å²) in [7, 11) is 0. The van der Waals surface area contributed by atoms with E-state index in [1.165, 1.54) is 4.90 Å². The Balaban J connectivity index is 2.55. The zero-order chi connectivity index (χ0) is 10.0. The molecule has 5 heteroatoms. The summed E-state index contributed by atoms with van der Waals surface area (Å²) in [6.45, 7) is 6.94. The van der Waals surface area contributed by atoms with Crippen molar-refractivity contribution in [2.24, 2.45) is 0 Å². The highest BCUT2D eigenvalue weighted by atomic mass is 127. The Morgan fingerprint density at radius 3 is 2.69 bits per heavy atom. The number of piperazine rings is 1. The number of nitrogens with zero attached hydrogens (tertiary/aromatic N) is 2. The van der Waals surface area contributed by atoms with Crippen LogP contribution in [0.25, 0.3) is 0 Å². The quantitative estimate of drug-likeness (QED) is 0.414. The Hall–Kier alpha value is -0.170. The standard InChI is InChI=1S/C8H12FIN2O/c1-6-5-11(3-4-12(6)10)8(13)7(2)9/h6H,2-5H2,1H3/t6-/m0/s1. The molecule has 0 N–H and O–H groups in total. The fraction of sp³-hybridized carbons (Fsp3) is 0.625. The van der Waals surface area contributed by atoms with Gasteiger partial charge in [-0.25, -0.2) is 7.50 Å². The van der Waals surface area contributed by atoms with E-state index in [4.69, 9.17) is 0 Å². The fourth-order valence-electron chi connectivity index (χ4n) is 1.29. The third kappa shape index (κ3) is 2.63. The molecule has 74 valence electrons. The summed E-state index contributed by atoms with van der Waals surface area (Å²) in [5.74, 6) is -1.44. The molecule has 0 aromatic carbocycles. The maximum atomic E-state index is 12.5. The van der Waals surface area contributed by atoms with Crippen LogP contribution in [0.2, 0.25) is 0 Å². The Labute approximate surface area is 91.1 Å². The van der Waals surface area contributed by atoms with Crippen LogP contribution < -0.4 is 0 Å². The molecule has 1 heterocycles. The van der Waals surface area contributed by atoms with Gasteiger partial charge in [0.25, 0.3) is 5.91 Å². The van der Waals surface area contributed by atoms with Gasteiger partial charge in [-0.1, -0.05) is 6.58 Å². The summed E-state index contributed by atoms with van der Waals surface area (Å²) in [4.78, 5) is 12.7. The largest absolute Gasteiger partial charge is 0.334 e. The average Bonchev–Trinajstić information content (AvgIpc) is 2.08. The first-order valence-electron chi connectivity index (χ1n) is 4.08. The Morgan fingerprint density at radius 1 is 1.62 bits per heavy atom. The first kappa shape index (κ1) is 10.9. The molecule has 0 aromatic heterocycles. The summed E-state index contributed by atoms with van der Waals surface area (Å²) >= 11 is 2.21. The summed E-state index contributed by atoms with van der Waals surface area (Å²) in [5.41, 5.74) is 0. The van der Waals surface area contributed by atoms with E-state index in [9.17, 15) is 9.18 Å². The molecular weight excluding hydrogens is 286 g/mol. The zero-order valence-corrected chi connectivity index (χ0v) is 9.62. The minimum Gasteiger partial charge on any atom is -0.334 e. The normalized spacial score (nSPS) is 24.5. The van der Waals surface area contributed by atoms with Gasteiger partial charge >= 0.3 is 0 Å². The predicted molar refractivity (Wildman–Crippen MR) is 57.0 cm³/mol.